The first-order chi connectivity index (χ1) is 12.4. The number of aromatic nitrogens is 1. The second-order valence-corrected chi connectivity index (χ2v) is 8.22. The third kappa shape index (κ3) is 5.17. The highest BCUT2D eigenvalue weighted by Crippen LogP contribution is 2.26. The lowest BCUT2D eigenvalue weighted by Gasteiger charge is -2.04. The second-order valence-electron chi connectivity index (χ2n) is 5.62. The number of amides is 1. The van der Waals surface area contributed by atoms with Gasteiger partial charge in [-0.05, 0) is 24.3 Å². The number of hydrogen-bond acceptors (Lipinski definition) is 6. The number of sulfonamides is 1. The van der Waals surface area contributed by atoms with Gasteiger partial charge in [0.05, 0.1) is 18.2 Å². The number of thiazole rings is 1. The molecule has 0 radical (unpaired) electrons. The minimum atomic E-state index is -3.30. The number of nitrogens with one attached hydrogen (secondary N) is 2. The fourth-order valence-electron chi connectivity index (χ4n) is 2.26. The van der Waals surface area contributed by atoms with Gasteiger partial charge in [0.15, 0.2) is 5.13 Å². The van der Waals surface area contributed by atoms with Crippen LogP contribution in [0.5, 0.6) is 0 Å². The molecule has 9 heteroatoms. The molecule has 0 unspecified atom stereocenters. The summed E-state index contributed by atoms with van der Waals surface area (Å²) in [6.07, 6.45) is 3.53. The summed E-state index contributed by atoms with van der Waals surface area (Å²) in [7, 11) is -3.30. The Hall–Kier alpha value is -2.65. The number of nitrogens with zero attached hydrogens (tertiary/aromatic N) is 1. The molecular formula is C17H17N3O4S2. The van der Waals surface area contributed by atoms with Gasteiger partial charge in [0.1, 0.15) is 5.76 Å². The Balaban J connectivity index is 1.59. The zero-order valence-electron chi connectivity index (χ0n) is 13.9. The van der Waals surface area contributed by atoms with E-state index in [1.165, 1.54) is 11.3 Å². The molecular weight excluding hydrogens is 374 g/mol. The zero-order valence-corrected chi connectivity index (χ0v) is 15.6. The molecule has 1 amide bonds. The van der Waals surface area contributed by atoms with E-state index in [0.29, 0.717) is 29.4 Å². The van der Waals surface area contributed by atoms with E-state index in [1.807, 2.05) is 11.4 Å². The molecule has 0 atom stereocenters. The molecule has 26 heavy (non-hydrogen) atoms. The molecule has 0 saturated heterocycles. The molecule has 2 heterocycles. The molecule has 1 aromatic carbocycles. The summed E-state index contributed by atoms with van der Waals surface area (Å²) in [6.45, 7) is 0. The van der Waals surface area contributed by atoms with Crippen molar-refractivity contribution >= 4 is 38.1 Å². The van der Waals surface area contributed by atoms with E-state index in [1.54, 1.807) is 36.6 Å². The van der Waals surface area contributed by atoms with Gasteiger partial charge in [-0.15, -0.1) is 11.3 Å². The van der Waals surface area contributed by atoms with Crippen molar-refractivity contribution in [2.45, 2.75) is 12.8 Å². The standard InChI is InChI=1S/C17H17N3O4S2/c1-26(22,23)20-13-6-4-12(5-7-13)15-11-25-17(18-15)19-16(21)9-8-14-3-2-10-24-14/h2-7,10-11,20H,8-9H2,1H3,(H,18,19,21). The Morgan fingerprint density at radius 2 is 2.00 bits per heavy atom. The van der Waals surface area contributed by atoms with Crippen LogP contribution in [0.25, 0.3) is 11.3 Å². The number of rotatable bonds is 7. The smallest absolute Gasteiger partial charge is 0.229 e. The maximum absolute atomic E-state index is 12.0. The van der Waals surface area contributed by atoms with E-state index < -0.39 is 10.0 Å². The number of anilines is 2. The van der Waals surface area contributed by atoms with Crippen molar-refractivity contribution in [3.05, 3.63) is 53.8 Å². The minimum absolute atomic E-state index is 0.130. The highest BCUT2D eigenvalue weighted by atomic mass is 32.2. The summed E-state index contributed by atoms with van der Waals surface area (Å²) < 4.78 is 30.1. The van der Waals surface area contributed by atoms with E-state index in [0.717, 1.165) is 17.6 Å². The van der Waals surface area contributed by atoms with Gasteiger partial charge < -0.3 is 9.73 Å². The quantitative estimate of drug-likeness (QED) is 0.643. The third-order valence-electron chi connectivity index (χ3n) is 3.41. The van der Waals surface area contributed by atoms with Crippen LogP contribution in [-0.2, 0) is 21.2 Å². The number of carbonyl (C=O) groups is 1. The van der Waals surface area contributed by atoms with Crippen molar-refractivity contribution in [3.8, 4) is 11.3 Å². The van der Waals surface area contributed by atoms with Gasteiger partial charge in [0.2, 0.25) is 15.9 Å². The van der Waals surface area contributed by atoms with Gasteiger partial charge in [-0.25, -0.2) is 13.4 Å². The first-order valence-corrected chi connectivity index (χ1v) is 10.5. The maximum Gasteiger partial charge on any atom is 0.229 e. The summed E-state index contributed by atoms with van der Waals surface area (Å²) in [5, 5.41) is 5.12. The lowest BCUT2D eigenvalue weighted by atomic mass is 10.1. The van der Waals surface area contributed by atoms with Crippen molar-refractivity contribution in [1.82, 2.24) is 4.98 Å². The first-order valence-electron chi connectivity index (χ1n) is 7.75. The highest BCUT2D eigenvalue weighted by Gasteiger charge is 2.10. The lowest BCUT2D eigenvalue weighted by Crippen LogP contribution is -2.11. The first kappa shape index (κ1) is 18.2. The Labute approximate surface area is 155 Å². The monoisotopic (exact) mass is 391 g/mol. The molecule has 0 aliphatic rings. The molecule has 0 saturated carbocycles. The molecule has 0 aliphatic carbocycles. The largest absolute Gasteiger partial charge is 0.469 e. The molecule has 0 aliphatic heterocycles. The highest BCUT2D eigenvalue weighted by molar-refractivity contribution is 7.92. The fraction of sp³-hybridized carbons (Fsp3) is 0.176. The summed E-state index contributed by atoms with van der Waals surface area (Å²) in [4.78, 5) is 16.4. The topological polar surface area (TPSA) is 101 Å². The molecule has 0 spiro atoms. The molecule has 2 N–H and O–H groups in total. The predicted octanol–water partition coefficient (Wildman–Crippen LogP) is 3.35. The van der Waals surface area contributed by atoms with Crippen LogP contribution in [0.2, 0.25) is 0 Å². The third-order valence-corrected chi connectivity index (χ3v) is 4.78. The van der Waals surface area contributed by atoms with Crippen LogP contribution in [0, 0.1) is 0 Å². The Bertz CT molecular complexity index is 977. The van der Waals surface area contributed by atoms with Gasteiger partial charge >= 0.3 is 0 Å². The molecule has 3 rings (SSSR count). The van der Waals surface area contributed by atoms with Crippen LogP contribution >= 0.6 is 11.3 Å². The van der Waals surface area contributed by atoms with Gasteiger partial charge in [0.25, 0.3) is 0 Å². The molecule has 0 bridgehead atoms. The van der Waals surface area contributed by atoms with E-state index in [9.17, 15) is 13.2 Å². The van der Waals surface area contributed by atoms with Crippen LogP contribution in [0.3, 0.4) is 0 Å². The van der Waals surface area contributed by atoms with E-state index >= 15 is 0 Å². The summed E-state index contributed by atoms with van der Waals surface area (Å²) in [6, 6.07) is 10.5. The number of aryl methyl sites for hydroxylation is 1. The number of carbonyl (C=O) groups excluding carboxylic acids is 1. The van der Waals surface area contributed by atoms with E-state index in [2.05, 4.69) is 15.0 Å². The van der Waals surface area contributed by atoms with E-state index in [4.69, 9.17) is 4.42 Å². The van der Waals surface area contributed by atoms with Gasteiger partial charge in [0, 0.05) is 29.5 Å². The molecule has 2 aromatic heterocycles. The molecule has 136 valence electrons. The van der Waals surface area contributed by atoms with Gasteiger partial charge in [-0.3, -0.25) is 9.52 Å². The summed E-state index contributed by atoms with van der Waals surface area (Å²) in [5.74, 6) is 0.637. The minimum Gasteiger partial charge on any atom is -0.469 e. The predicted molar refractivity (Wildman–Crippen MR) is 102 cm³/mol. The van der Waals surface area contributed by atoms with Crippen molar-refractivity contribution < 1.29 is 17.6 Å². The van der Waals surface area contributed by atoms with Gasteiger partial charge in [-0.2, -0.15) is 0 Å². The maximum atomic E-state index is 12.0. The number of hydrogen-bond donors (Lipinski definition) is 2. The fourth-order valence-corrected chi connectivity index (χ4v) is 3.56. The van der Waals surface area contributed by atoms with Crippen LogP contribution in [-0.4, -0.2) is 25.6 Å². The SMILES string of the molecule is CS(=O)(=O)Nc1ccc(-c2csc(NC(=O)CCc3ccco3)n2)cc1. The number of benzene rings is 1. The Morgan fingerprint density at radius 1 is 1.23 bits per heavy atom. The lowest BCUT2D eigenvalue weighted by molar-refractivity contribution is -0.116. The Kier molecular flexibility index (Phi) is 5.38. The van der Waals surface area contributed by atoms with Crippen LogP contribution < -0.4 is 10.0 Å². The zero-order chi connectivity index (χ0) is 18.6. The van der Waals surface area contributed by atoms with Crippen LogP contribution in [0.4, 0.5) is 10.8 Å². The molecule has 3 aromatic rings. The average Bonchev–Trinajstić information content (AvgIpc) is 3.24. The summed E-state index contributed by atoms with van der Waals surface area (Å²) in [5.41, 5.74) is 2.02. The van der Waals surface area contributed by atoms with Crippen molar-refractivity contribution in [3.63, 3.8) is 0 Å². The number of furan rings is 1. The Morgan fingerprint density at radius 3 is 2.65 bits per heavy atom. The van der Waals surface area contributed by atoms with Crippen LogP contribution in [0.15, 0.2) is 52.5 Å². The normalized spacial score (nSPS) is 11.3. The molecule has 7 nitrogen and oxygen atoms in total. The summed E-state index contributed by atoms with van der Waals surface area (Å²) >= 11 is 1.33. The average molecular weight is 391 g/mol. The van der Waals surface area contributed by atoms with Crippen molar-refractivity contribution in [1.29, 1.82) is 0 Å². The molecule has 0 fully saturated rings. The second kappa shape index (κ2) is 7.71. The van der Waals surface area contributed by atoms with Crippen LogP contribution in [0.1, 0.15) is 12.2 Å². The van der Waals surface area contributed by atoms with Gasteiger partial charge in [-0.1, -0.05) is 12.1 Å². The van der Waals surface area contributed by atoms with E-state index in [-0.39, 0.29) is 5.91 Å². The van der Waals surface area contributed by atoms with Crippen molar-refractivity contribution in [2.24, 2.45) is 0 Å². The van der Waals surface area contributed by atoms with Crippen molar-refractivity contribution in [2.75, 3.05) is 16.3 Å².